The third-order valence-corrected chi connectivity index (χ3v) is 5.83. The van der Waals surface area contributed by atoms with Gasteiger partial charge in [0.05, 0.1) is 29.9 Å². The molecule has 3 rings (SSSR count). The zero-order valence-corrected chi connectivity index (χ0v) is 14.9. The molecule has 9 heteroatoms. The van der Waals surface area contributed by atoms with Crippen LogP contribution in [0.1, 0.15) is 6.92 Å². The average Bonchev–Trinajstić information content (AvgIpc) is 2.64. The normalized spacial score (nSPS) is 15.9. The molecule has 1 aliphatic heterocycles. The van der Waals surface area contributed by atoms with Gasteiger partial charge in [0.25, 0.3) is 0 Å². The number of benzene rings is 1. The number of nitrogens with zero attached hydrogens (tertiary/aromatic N) is 3. The maximum Gasteiger partial charge on any atom is 0.243 e. The van der Waals surface area contributed by atoms with Crippen LogP contribution < -0.4 is 9.64 Å². The maximum absolute atomic E-state index is 14.0. The molecule has 0 spiro atoms. The first-order valence-electron chi connectivity index (χ1n) is 8.06. The maximum atomic E-state index is 14.0. The summed E-state index contributed by atoms with van der Waals surface area (Å²) >= 11 is 0. The van der Waals surface area contributed by atoms with E-state index in [9.17, 15) is 17.6 Å². The largest absolute Gasteiger partial charge is 0.491 e. The number of piperazine rings is 1. The molecule has 1 aliphatic rings. The zero-order valence-electron chi connectivity index (χ0n) is 14.1. The van der Waals surface area contributed by atoms with Gasteiger partial charge in [-0.1, -0.05) is 0 Å². The molecule has 26 heavy (non-hydrogen) atoms. The van der Waals surface area contributed by atoms with E-state index in [2.05, 4.69) is 4.98 Å². The van der Waals surface area contributed by atoms with Crippen LogP contribution in [-0.2, 0) is 14.8 Å². The molecule has 0 N–H and O–H groups in total. The first-order valence-corrected chi connectivity index (χ1v) is 9.50. The highest BCUT2D eigenvalue weighted by atomic mass is 32.2. The summed E-state index contributed by atoms with van der Waals surface area (Å²) in [5.74, 6) is -1.13. The van der Waals surface area contributed by atoms with Crippen LogP contribution in [0.3, 0.4) is 0 Å². The van der Waals surface area contributed by atoms with E-state index in [1.807, 2.05) is 0 Å². The van der Waals surface area contributed by atoms with Crippen LogP contribution in [0.15, 0.2) is 47.6 Å². The molecule has 138 valence electrons. The van der Waals surface area contributed by atoms with Gasteiger partial charge in [-0.2, -0.15) is 4.31 Å². The number of amides is 1. The van der Waals surface area contributed by atoms with E-state index in [0.717, 1.165) is 10.4 Å². The fourth-order valence-corrected chi connectivity index (χ4v) is 4.10. The van der Waals surface area contributed by atoms with Gasteiger partial charge < -0.3 is 9.64 Å². The molecular weight excluding hydrogens is 361 g/mol. The summed E-state index contributed by atoms with van der Waals surface area (Å²) in [6, 6.07) is 6.91. The highest BCUT2D eigenvalue weighted by Crippen LogP contribution is 2.25. The molecule has 0 aliphatic carbocycles. The zero-order chi connectivity index (χ0) is 18.7. The minimum absolute atomic E-state index is 0.0103. The van der Waals surface area contributed by atoms with Crippen LogP contribution in [0.5, 0.6) is 5.75 Å². The van der Waals surface area contributed by atoms with E-state index in [4.69, 9.17) is 4.74 Å². The number of carbonyl (C=O) groups is 1. The van der Waals surface area contributed by atoms with Gasteiger partial charge in [-0.3, -0.25) is 9.78 Å². The summed E-state index contributed by atoms with van der Waals surface area (Å²) in [6.07, 6.45) is 3.14. The highest BCUT2D eigenvalue weighted by molar-refractivity contribution is 7.89. The molecular formula is C17H18FN3O4S. The molecule has 1 aromatic carbocycles. The van der Waals surface area contributed by atoms with E-state index >= 15 is 0 Å². The fraction of sp³-hybridized carbons (Fsp3) is 0.294. The fourth-order valence-electron chi connectivity index (χ4n) is 2.71. The summed E-state index contributed by atoms with van der Waals surface area (Å²) < 4.78 is 45.6. The Bertz CT molecular complexity index is 905. The number of hydrogen-bond acceptors (Lipinski definition) is 5. The molecule has 0 bridgehead atoms. The van der Waals surface area contributed by atoms with E-state index in [-0.39, 0.29) is 42.8 Å². The Morgan fingerprint density at radius 2 is 2.08 bits per heavy atom. The van der Waals surface area contributed by atoms with Crippen molar-refractivity contribution in [3.63, 3.8) is 0 Å². The minimum Gasteiger partial charge on any atom is -0.491 e. The lowest BCUT2D eigenvalue weighted by Gasteiger charge is -2.33. The van der Waals surface area contributed by atoms with Gasteiger partial charge in [-0.15, -0.1) is 0 Å². The van der Waals surface area contributed by atoms with Crippen molar-refractivity contribution in [1.29, 1.82) is 0 Å². The molecule has 1 saturated heterocycles. The monoisotopic (exact) mass is 379 g/mol. The Labute approximate surface area is 151 Å². The number of ether oxygens (including phenoxy) is 1. The molecule has 1 amide bonds. The van der Waals surface area contributed by atoms with Crippen molar-refractivity contribution in [2.45, 2.75) is 11.8 Å². The van der Waals surface area contributed by atoms with Crippen molar-refractivity contribution >= 4 is 21.6 Å². The van der Waals surface area contributed by atoms with Crippen LogP contribution in [0, 0.1) is 5.82 Å². The molecule has 0 radical (unpaired) electrons. The highest BCUT2D eigenvalue weighted by Gasteiger charge is 2.33. The SMILES string of the molecule is CCOc1ccc(S(=O)(=O)N2CCN(c3cccnc3)C(=O)C2)cc1F. The molecule has 1 fully saturated rings. The number of sulfonamides is 1. The number of aromatic nitrogens is 1. The van der Waals surface area contributed by atoms with Crippen molar-refractivity contribution in [1.82, 2.24) is 9.29 Å². The second kappa shape index (κ2) is 7.38. The number of rotatable bonds is 5. The Hall–Kier alpha value is -2.52. The number of halogens is 1. The lowest BCUT2D eigenvalue weighted by atomic mass is 10.3. The van der Waals surface area contributed by atoms with E-state index in [0.29, 0.717) is 5.69 Å². The van der Waals surface area contributed by atoms with Crippen LogP contribution in [0.25, 0.3) is 0 Å². The summed E-state index contributed by atoms with van der Waals surface area (Å²) in [5.41, 5.74) is 0.613. The van der Waals surface area contributed by atoms with Gasteiger partial charge in [0.1, 0.15) is 0 Å². The Morgan fingerprint density at radius 3 is 2.69 bits per heavy atom. The van der Waals surface area contributed by atoms with Gasteiger partial charge in [0, 0.05) is 19.3 Å². The van der Waals surface area contributed by atoms with Crippen molar-refractivity contribution < 1.29 is 22.3 Å². The number of carbonyl (C=O) groups excluding carboxylic acids is 1. The van der Waals surface area contributed by atoms with Crippen molar-refractivity contribution in [2.24, 2.45) is 0 Å². The lowest BCUT2D eigenvalue weighted by molar-refractivity contribution is -0.119. The third kappa shape index (κ3) is 3.54. The number of hydrogen-bond donors (Lipinski definition) is 0. The molecule has 7 nitrogen and oxygen atoms in total. The van der Waals surface area contributed by atoms with E-state index in [1.54, 1.807) is 31.5 Å². The van der Waals surface area contributed by atoms with E-state index < -0.39 is 15.8 Å². The first kappa shape index (κ1) is 18.3. The van der Waals surface area contributed by atoms with Gasteiger partial charge in [-0.25, -0.2) is 12.8 Å². The van der Waals surface area contributed by atoms with Crippen molar-refractivity contribution in [3.8, 4) is 5.75 Å². The molecule has 0 unspecified atom stereocenters. The molecule has 2 heterocycles. The molecule has 2 aromatic rings. The second-order valence-corrected chi connectivity index (χ2v) is 7.56. The summed E-state index contributed by atoms with van der Waals surface area (Å²) in [5, 5.41) is 0. The summed E-state index contributed by atoms with van der Waals surface area (Å²) in [7, 11) is -3.98. The smallest absolute Gasteiger partial charge is 0.243 e. The quantitative estimate of drug-likeness (QED) is 0.789. The first-order chi connectivity index (χ1) is 12.4. The van der Waals surface area contributed by atoms with Gasteiger partial charge in [0.2, 0.25) is 15.9 Å². The predicted octanol–water partition coefficient (Wildman–Crippen LogP) is 1.66. The van der Waals surface area contributed by atoms with Crippen LogP contribution in [0.2, 0.25) is 0 Å². The summed E-state index contributed by atoms with van der Waals surface area (Å²) in [6.45, 7) is 1.97. The Kier molecular flexibility index (Phi) is 5.19. The molecule has 1 aromatic heterocycles. The predicted molar refractivity (Wildman–Crippen MR) is 92.9 cm³/mol. The standard InChI is InChI=1S/C17H18FN3O4S/c1-2-25-16-6-5-14(10-15(16)18)26(23,24)20-8-9-21(17(22)12-20)13-4-3-7-19-11-13/h3-7,10-11H,2,8-9,12H2,1H3. The lowest BCUT2D eigenvalue weighted by Crippen LogP contribution is -2.52. The van der Waals surface area contributed by atoms with Crippen LogP contribution in [0.4, 0.5) is 10.1 Å². The Balaban J connectivity index is 1.79. The second-order valence-electron chi connectivity index (χ2n) is 5.62. The molecule has 0 saturated carbocycles. The van der Waals surface area contributed by atoms with Gasteiger partial charge in [-0.05, 0) is 37.3 Å². The Morgan fingerprint density at radius 1 is 1.27 bits per heavy atom. The minimum atomic E-state index is -3.98. The molecule has 0 atom stereocenters. The number of anilines is 1. The van der Waals surface area contributed by atoms with E-state index in [1.165, 1.54) is 17.0 Å². The van der Waals surface area contributed by atoms with Gasteiger partial charge in [0.15, 0.2) is 11.6 Å². The van der Waals surface area contributed by atoms with Crippen LogP contribution >= 0.6 is 0 Å². The van der Waals surface area contributed by atoms with Crippen LogP contribution in [-0.4, -0.2) is 49.9 Å². The summed E-state index contributed by atoms with van der Waals surface area (Å²) in [4.78, 5) is 17.6. The topological polar surface area (TPSA) is 79.8 Å². The third-order valence-electron chi connectivity index (χ3n) is 3.98. The number of pyridine rings is 1. The van der Waals surface area contributed by atoms with Crippen molar-refractivity contribution in [2.75, 3.05) is 31.1 Å². The van der Waals surface area contributed by atoms with Crippen molar-refractivity contribution in [3.05, 3.63) is 48.5 Å². The van der Waals surface area contributed by atoms with Gasteiger partial charge >= 0.3 is 0 Å². The average molecular weight is 379 g/mol.